The van der Waals surface area contributed by atoms with Crippen LogP contribution in [0.2, 0.25) is 0 Å². The summed E-state index contributed by atoms with van der Waals surface area (Å²) in [6.07, 6.45) is 9.22. The van der Waals surface area contributed by atoms with Crippen LogP contribution in [0, 0.1) is 0 Å². The zero-order valence-electron chi connectivity index (χ0n) is 10.2. The first-order chi connectivity index (χ1) is 8.33. The molecule has 0 aliphatic heterocycles. The van der Waals surface area contributed by atoms with Gasteiger partial charge in [-0.05, 0) is 38.5 Å². The van der Waals surface area contributed by atoms with Gasteiger partial charge in [-0.3, -0.25) is 4.79 Å². The first-order valence-electron chi connectivity index (χ1n) is 6.52. The van der Waals surface area contributed by atoms with Crippen molar-refractivity contribution in [3.8, 4) is 0 Å². The van der Waals surface area contributed by atoms with Crippen LogP contribution in [0.3, 0.4) is 0 Å². The maximum Gasteiger partial charge on any atom is 0.236 e. The van der Waals surface area contributed by atoms with Crippen LogP contribution in [0.5, 0.6) is 0 Å². The van der Waals surface area contributed by atoms with Crippen LogP contribution >= 0.6 is 11.8 Å². The van der Waals surface area contributed by atoms with Crippen molar-refractivity contribution >= 4 is 17.7 Å². The highest BCUT2D eigenvalue weighted by molar-refractivity contribution is 7.99. The fourth-order valence-corrected chi connectivity index (χ4v) is 2.85. The lowest BCUT2D eigenvalue weighted by molar-refractivity contribution is -0.127. The fourth-order valence-electron chi connectivity index (χ4n) is 2.26. The average molecular weight is 255 g/mol. The van der Waals surface area contributed by atoms with E-state index < -0.39 is 0 Å². The van der Waals surface area contributed by atoms with E-state index >= 15 is 0 Å². The normalized spacial score (nSPS) is 19.9. The Hall–Kier alpha value is -0.480. The Morgan fingerprint density at radius 3 is 2.88 bits per heavy atom. The Bertz CT molecular complexity index is 300. The molecule has 1 fully saturated rings. The summed E-state index contributed by atoms with van der Waals surface area (Å²) in [5, 5.41) is 8.73. The van der Waals surface area contributed by atoms with E-state index in [0.717, 1.165) is 25.7 Å². The number of hydrogen-bond acceptors (Lipinski definition) is 3. The number of allylic oxidation sites excluding steroid dienone is 2. The van der Waals surface area contributed by atoms with Crippen molar-refractivity contribution in [3.05, 3.63) is 11.8 Å². The van der Waals surface area contributed by atoms with Crippen LogP contribution in [0.25, 0.3) is 0 Å². The molecule has 3 nitrogen and oxygen atoms in total. The van der Waals surface area contributed by atoms with Crippen molar-refractivity contribution in [2.24, 2.45) is 0 Å². The summed E-state index contributed by atoms with van der Waals surface area (Å²) in [5.74, 6) is 1.40. The molecule has 1 N–H and O–H groups in total. The molecule has 0 aromatic heterocycles. The zero-order valence-corrected chi connectivity index (χ0v) is 11.0. The molecule has 0 heterocycles. The number of carbonyl (C=O) groups is 1. The quantitative estimate of drug-likeness (QED) is 0.739. The molecule has 0 aromatic rings. The molecular formula is C13H21NO2S. The molecule has 4 heteroatoms. The van der Waals surface area contributed by atoms with Crippen LogP contribution in [-0.4, -0.2) is 40.1 Å². The summed E-state index contributed by atoms with van der Waals surface area (Å²) < 4.78 is 0. The molecule has 1 saturated carbocycles. The van der Waals surface area contributed by atoms with Gasteiger partial charge >= 0.3 is 0 Å². The standard InChI is InChI=1S/C13H21NO2S/c15-8-9-17-10-13(16)14(12-6-7-12)11-4-2-1-3-5-11/h4,12,15H,1-3,5-10H2. The molecule has 0 aromatic carbocycles. The lowest BCUT2D eigenvalue weighted by atomic mass is 10.0. The molecule has 2 aliphatic rings. The summed E-state index contributed by atoms with van der Waals surface area (Å²) in [6.45, 7) is 0.157. The number of carbonyl (C=O) groups excluding carboxylic acids is 1. The molecule has 0 saturated heterocycles. The number of aliphatic hydroxyl groups is 1. The van der Waals surface area contributed by atoms with E-state index in [1.807, 2.05) is 4.90 Å². The molecule has 0 atom stereocenters. The minimum absolute atomic E-state index is 0.157. The topological polar surface area (TPSA) is 40.5 Å². The third-order valence-electron chi connectivity index (χ3n) is 3.22. The van der Waals surface area contributed by atoms with Gasteiger partial charge in [0.25, 0.3) is 0 Å². The van der Waals surface area contributed by atoms with E-state index in [2.05, 4.69) is 6.08 Å². The number of nitrogens with zero attached hydrogens (tertiary/aromatic N) is 1. The lowest BCUT2D eigenvalue weighted by Gasteiger charge is -2.27. The van der Waals surface area contributed by atoms with Crippen molar-refractivity contribution in [1.29, 1.82) is 0 Å². The van der Waals surface area contributed by atoms with Gasteiger partial charge in [0.15, 0.2) is 0 Å². The highest BCUT2D eigenvalue weighted by Gasteiger charge is 2.34. The van der Waals surface area contributed by atoms with Gasteiger partial charge in [-0.1, -0.05) is 6.08 Å². The molecule has 0 radical (unpaired) electrons. The Balaban J connectivity index is 1.91. The number of amides is 1. The van der Waals surface area contributed by atoms with Gasteiger partial charge in [0.05, 0.1) is 12.4 Å². The van der Waals surface area contributed by atoms with Gasteiger partial charge in [-0.15, -0.1) is 11.8 Å². The van der Waals surface area contributed by atoms with E-state index in [1.54, 1.807) is 0 Å². The molecule has 1 amide bonds. The minimum atomic E-state index is 0.157. The maximum atomic E-state index is 12.2. The summed E-state index contributed by atoms with van der Waals surface area (Å²) in [5.41, 5.74) is 1.26. The predicted molar refractivity (Wildman–Crippen MR) is 70.8 cm³/mol. The van der Waals surface area contributed by atoms with E-state index in [-0.39, 0.29) is 12.5 Å². The van der Waals surface area contributed by atoms with Crippen molar-refractivity contribution in [2.75, 3.05) is 18.1 Å². The SMILES string of the molecule is O=C(CSCCO)N(C1=CCCCC1)C1CC1. The van der Waals surface area contributed by atoms with Gasteiger partial charge in [0, 0.05) is 17.5 Å². The Kier molecular flexibility index (Phi) is 4.92. The molecule has 96 valence electrons. The van der Waals surface area contributed by atoms with E-state index in [4.69, 9.17) is 5.11 Å². The van der Waals surface area contributed by atoms with Crippen LogP contribution in [0.1, 0.15) is 38.5 Å². The fraction of sp³-hybridized carbons (Fsp3) is 0.769. The Labute approximate surface area is 107 Å². The van der Waals surface area contributed by atoms with E-state index in [1.165, 1.54) is 30.3 Å². The third-order valence-corrected chi connectivity index (χ3v) is 4.14. The van der Waals surface area contributed by atoms with Gasteiger partial charge in [-0.2, -0.15) is 0 Å². The van der Waals surface area contributed by atoms with Gasteiger partial charge in [0.1, 0.15) is 0 Å². The lowest BCUT2D eigenvalue weighted by Crippen LogP contribution is -2.34. The largest absolute Gasteiger partial charge is 0.396 e. The van der Waals surface area contributed by atoms with Gasteiger partial charge in [0.2, 0.25) is 5.91 Å². The summed E-state index contributed by atoms with van der Waals surface area (Å²) in [4.78, 5) is 14.2. The summed E-state index contributed by atoms with van der Waals surface area (Å²) >= 11 is 1.53. The Morgan fingerprint density at radius 1 is 1.47 bits per heavy atom. The van der Waals surface area contributed by atoms with Crippen molar-refractivity contribution in [2.45, 2.75) is 44.6 Å². The zero-order chi connectivity index (χ0) is 12.1. The molecule has 0 spiro atoms. The molecule has 0 bridgehead atoms. The molecule has 2 aliphatic carbocycles. The smallest absolute Gasteiger partial charge is 0.236 e. The van der Waals surface area contributed by atoms with Crippen molar-refractivity contribution < 1.29 is 9.90 Å². The predicted octanol–water partition coefficient (Wildman–Crippen LogP) is 2.16. The number of aliphatic hydroxyl groups excluding tert-OH is 1. The summed E-state index contributed by atoms with van der Waals surface area (Å²) in [6, 6.07) is 0.474. The molecule has 2 rings (SSSR count). The number of thioether (sulfide) groups is 1. The second kappa shape index (κ2) is 6.45. The van der Waals surface area contributed by atoms with E-state index in [9.17, 15) is 4.79 Å². The van der Waals surface area contributed by atoms with Gasteiger partial charge < -0.3 is 10.0 Å². The van der Waals surface area contributed by atoms with Crippen LogP contribution in [-0.2, 0) is 4.79 Å². The number of hydrogen-bond donors (Lipinski definition) is 1. The maximum absolute atomic E-state index is 12.2. The second-order valence-electron chi connectivity index (χ2n) is 4.71. The number of rotatable bonds is 6. The minimum Gasteiger partial charge on any atom is -0.396 e. The first-order valence-corrected chi connectivity index (χ1v) is 7.68. The molecule has 0 unspecified atom stereocenters. The highest BCUT2D eigenvalue weighted by atomic mass is 32.2. The Morgan fingerprint density at radius 2 is 2.29 bits per heavy atom. The first kappa shape index (κ1) is 13.0. The van der Waals surface area contributed by atoms with Crippen molar-refractivity contribution in [3.63, 3.8) is 0 Å². The van der Waals surface area contributed by atoms with Crippen LogP contribution in [0.4, 0.5) is 0 Å². The average Bonchev–Trinajstić information content (AvgIpc) is 3.16. The van der Waals surface area contributed by atoms with Gasteiger partial charge in [-0.25, -0.2) is 0 Å². The molecule has 17 heavy (non-hydrogen) atoms. The molecular weight excluding hydrogens is 234 g/mol. The highest BCUT2D eigenvalue weighted by Crippen LogP contribution is 2.34. The van der Waals surface area contributed by atoms with Crippen LogP contribution in [0.15, 0.2) is 11.8 Å². The monoisotopic (exact) mass is 255 g/mol. The third kappa shape index (κ3) is 3.75. The van der Waals surface area contributed by atoms with E-state index in [0.29, 0.717) is 17.5 Å². The second-order valence-corrected chi connectivity index (χ2v) is 5.82. The summed E-state index contributed by atoms with van der Waals surface area (Å²) in [7, 11) is 0. The van der Waals surface area contributed by atoms with Crippen LogP contribution < -0.4 is 0 Å². The van der Waals surface area contributed by atoms with Crippen molar-refractivity contribution in [1.82, 2.24) is 4.90 Å².